The van der Waals surface area contributed by atoms with Crippen molar-refractivity contribution in [3.8, 4) is 5.75 Å². The first-order chi connectivity index (χ1) is 8.33. The molecule has 1 N–H and O–H groups in total. The minimum atomic E-state index is -0.386. The summed E-state index contributed by atoms with van der Waals surface area (Å²) in [5.41, 5.74) is 1.28. The summed E-state index contributed by atoms with van der Waals surface area (Å²) in [6, 6.07) is 5.37. The van der Waals surface area contributed by atoms with E-state index < -0.39 is 0 Å². The molecule has 0 amide bonds. The van der Waals surface area contributed by atoms with E-state index in [1.807, 2.05) is 6.07 Å². The highest BCUT2D eigenvalue weighted by atomic mass is 16.6. The second kappa shape index (κ2) is 5.54. The Morgan fingerprint density at radius 2 is 2.35 bits per heavy atom. The highest BCUT2D eigenvalue weighted by Gasteiger charge is 2.19. The Kier molecular flexibility index (Phi) is 3.82. The van der Waals surface area contributed by atoms with E-state index in [9.17, 15) is 4.79 Å². The van der Waals surface area contributed by atoms with Gasteiger partial charge in [0.05, 0.1) is 12.3 Å². The third-order valence-electron chi connectivity index (χ3n) is 2.42. The summed E-state index contributed by atoms with van der Waals surface area (Å²) >= 11 is 0. The fourth-order valence-electron chi connectivity index (χ4n) is 1.63. The zero-order chi connectivity index (χ0) is 12.1. The van der Waals surface area contributed by atoms with E-state index in [2.05, 4.69) is 5.32 Å². The van der Waals surface area contributed by atoms with Crippen molar-refractivity contribution in [3.05, 3.63) is 23.8 Å². The highest BCUT2D eigenvalue weighted by molar-refractivity contribution is 5.95. The number of benzene rings is 1. The van der Waals surface area contributed by atoms with E-state index in [0.29, 0.717) is 24.5 Å². The van der Waals surface area contributed by atoms with Gasteiger partial charge in [-0.05, 0) is 12.1 Å². The van der Waals surface area contributed by atoms with Gasteiger partial charge in [0.1, 0.15) is 18.8 Å². The molecule has 5 nitrogen and oxygen atoms in total. The molecule has 1 aromatic carbocycles. The standard InChI is InChI=1S/C12H15NO4/c1-15-7-8-17-12(14)9-3-2-4-10-11(9)16-6-5-13-10/h2-4,13H,5-8H2,1H3. The maximum Gasteiger partial charge on any atom is 0.342 e. The average molecular weight is 237 g/mol. The quantitative estimate of drug-likeness (QED) is 0.631. The van der Waals surface area contributed by atoms with Gasteiger partial charge >= 0.3 is 5.97 Å². The Morgan fingerprint density at radius 3 is 3.18 bits per heavy atom. The van der Waals surface area contributed by atoms with Gasteiger partial charge < -0.3 is 19.5 Å². The Hall–Kier alpha value is -1.75. The van der Waals surface area contributed by atoms with Crippen molar-refractivity contribution in [1.29, 1.82) is 0 Å². The van der Waals surface area contributed by atoms with Crippen molar-refractivity contribution in [1.82, 2.24) is 0 Å². The first-order valence-corrected chi connectivity index (χ1v) is 5.48. The molecule has 17 heavy (non-hydrogen) atoms. The van der Waals surface area contributed by atoms with Crippen LogP contribution in [-0.2, 0) is 9.47 Å². The van der Waals surface area contributed by atoms with Crippen LogP contribution in [-0.4, -0.2) is 39.4 Å². The van der Waals surface area contributed by atoms with Gasteiger partial charge in [-0.15, -0.1) is 0 Å². The molecule has 2 rings (SSSR count). The number of nitrogens with one attached hydrogen (secondary N) is 1. The molecule has 5 heteroatoms. The van der Waals surface area contributed by atoms with Crippen molar-refractivity contribution < 1.29 is 19.0 Å². The minimum Gasteiger partial charge on any atom is -0.489 e. The molecule has 0 fully saturated rings. The number of esters is 1. The topological polar surface area (TPSA) is 56.8 Å². The van der Waals surface area contributed by atoms with Crippen LogP contribution >= 0.6 is 0 Å². The lowest BCUT2D eigenvalue weighted by molar-refractivity contribution is 0.0384. The number of ether oxygens (including phenoxy) is 3. The van der Waals surface area contributed by atoms with Crippen LogP contribution in [0.25, 0.3) is 0 Å². The number of hydrogen-bond donors (Lipinski definition) is 1. The van der Waals surface area contributed by atoms with Crippen molar-refractivity contribution in [2.24, 2.45) is 0 Å². The fraction of sp³-hybridized carbons (Fsp3) is 0.417. The van der Waals surface area contributed by atoms with E-state index in [1.54, 1.807) is 19.2 Å². The van der Waals surface area contributed by atoms with Crippen LogP contribution in [0.3, 0.4) is 0 Å². The Bertz CT molecular complexity index is 405. The van der Waals surface area contributed by atoms with Crippen LogP contribution in [0.4, 0.5) is 5.69 Å². The SMILES string of the molecule is COCCOC(=O)c1cccc2c1OCCN2. The van der Waals surface area contributed by atoms with Gasteiger partial charge in [0.15, 0.2) is 5.75 Å². The van der Waals surface area contributed by atoms with Gasteiger partial charge in [-0.2, -0.15) is 0 Å². The molecule has 1 heterocycles. The van der Waals surface area contributed by atoms with Crippen LogP contribution in [0, 0.1) is 0 Å². The third kappa shape index (κ3) is 2.68. The number of carbonyl (C=O) groups is 1. The average Bonchev–Trinajstić information content (AvgIpc) is 2.38. The van der Waals surface area contributed by atoms with Gasteiger partial charge in [-0.25, -0.2) is 4.79 Å². The lowest BCUT2D eigenvalue weighted by atomic mass is 10.1. The van der Waals surface area contributed by atoms with E-state index >= 15 is 0 Å². The number of methoxy groups -OCH3 is 1. The number of rotatable bonds is 4. The first kappa shape index (κ1) is 11.7. The summed E-state index contributed by atoms with van der Waals surface area (Å²) in [5.74, 6) is 0.184. The number of hydrogen-bond acceptors (Lipinski definition) is 5. The molecule has 1 aliphatic rings. The van der Waals surface area contributed by atoms with Gasteiger partial charge in [0.2, 0.25) is 0 Å². The maximum absolute atomic E-state index is 11.8. The van der Waals surface area contributed by atoms with E-state index in [4.69, 9.17) is 14.2 Å². The van der Waals surface area contributed by atoms with Crippen LogP contribution in [0.1, 0.15) is 10.4 Å². The molecule has 0 spiro atoms. The zero-order valence-electron chi connectivity index (χ0n) is 9.69. The summed E-state index contributed by atoms with van der Waals surface area (Å²) in [5, 5.41) is 3.17. The largest absolute Gasteiger partial charge is 0.489 e. The molecule has 0 bridgehead atoms. The fourth-order valence-corrected chi connectivity index (χ4v) is 1.63. The van der Waals surface area contributed by atoms with Crippen molar-refractivity contribution in [2.75, 3.05) is 38.8 Å². The highest BCUT2D eigenvalue weighted by Crippen LogP contribution is 2.31. The summed E-state index contributed by atoms with van der Waals surface area (Å²) in [7, 11) is 1.56. The molecular weight excluding hydrogens is 222 g/mol. The number of fused-ring (bicyclic) bond motifs is 1. The Labute approximate surface area is 99.7 Å². The Morgan fingerprint density at radius 1 is 1.47 bits per heavy atom. The smallest absolute Gasteiger partial charge is 0.342 e. The molecule has 1 aromatic rings. The van der Waals surface area contributed by atoms with E-state index in [1.165, 1.54) is 0 Å². The third-order valence-corrected chi connectivity index (χ3v) is 2.42. The van der Waals surface area contributed by atoms with E-state index in [-0.39, 0.29) is 12.6 Å². The van der Waals surface area contributed by atoms with Gasteiger partial charge in [-0.3, -0.25) is 0 Å². The summed E-state index contributed by atoms with van der Waals surface area (Å²) in [6.07, 6.45) is 0. The second-order valence-electron chi connectivity index (χ2n) is 3.59. The van der Waals surface area contributed by atoms with Crippen LogP contribution in [0.5, 0.6) is 5.75 Å². The summed E-state index contributed by atoms with van der Waals surface area (Å²) < 4.78 is 15.4. The lowest BCUT2D eigenvalue weighted by Crippen LogP contribution is -2.21. The van der Waals surface area contributed by atoms with E-state index in [0.717, 1.165) is 12.2 Å². The number of anilines is 1. The molecule has 0 saturated heterocycles. The molecule has 0 atom stereocenters. The predicted octanol–water partition coefficient (Wildman–Crippen LogP) is 1.29. The van der Waals surface area contributed by atoms with Gasteiger partial charge in [0, 0.05) is 13.7 Å². The molecule has 0 radical (unpaired) electrons. The monoisotopic (exact) mass is 237 g/mol. The van der Waals surface area contributed by atoms with Crippen molar-refractivity contribution in [2.45, 2.75) is 0 Å². The van der Waals surface area contributed by atoms with Crippen molar-refractivity contribution in [3.63, 3.8) is 0 Å². The molecular formula is C12H15NO4. The zero-order valence-corrected chi connectivity index (χ0v) is 9.69. The van der Waals surface area contributed by atoms with Crippen molar-refractivity contribution >= 4 is 11.7 Å². The second-order valence-corrected chi connectivity index (χ2v) is 3.59. The molecule has 0 aromatic heterocycles. The number of carbonyl (C=O) groups excluding carboxylic acids is 1. The Balaban J connectivity index is 2.12. The van der Waals surface area contributed by atoms with Crippen LogP contribution in [0.2, 0.25) is 0 Å². The predicted molar refractivity (Wildman–Crippen MR) is 62.6 cm³/mol. The molecule has 0 unspecified atom stereocenters. The minimum absolute atomic E-state index is 0.242. The molecule has 0 saturated carbocycles. The van der Waals surface area contributed by atoms with Gasteiger partial charge in [-0.1, -0.05) is 6.07 Å². The lowest BCUT2D eigenvalue weighted by Gasteiger charge is -2.21. The number of para-hydroxylation sites is 1. The maximum atomic E-state index is 11.8. The molecule has 1 aliphatic heterocycles. The summed E-state index contributed by atoms with van der Waals surface area (Å²) in [6.45, 7) is 1.93. The van der Waals surface area contributed by atoms with Crippen LogP contribution < -0.4 is 10.1 Å². The normalized spacial score (nSPS) is 13.2. The first-order valence-electron chi connectivity index (χ1n) is 5.48. The van der Waals surface area contributed by atoms with Gasteiger partial charge in [0.25, 0.3) is 0 Å². The van der Waals surface area contributed by atoms with Crippen LogP contribution in [0.15, 0.2) is 18.2 Å². The molecule has 92 valence electrons. The molecule has 0 aliphatic carbocycles. The summed E-state index contributed by atoms with van der Waals surface area (Å²) in [4.78, 5) is 11.8.